The van der Waals surface area contributed by atoms with Gasteiger partial charge in [-0.25, -0.2) is 8.78 Å². The molecule has 23 heavy (non-hydrogen) atoms. The van der Waals surface area contributed by atoms with Crippen LogP contribution < -0.4 is 0 Å². The van der Waals surface area contributed by atoms with Crippen LogP contribution in [0, 0.1) is 11.6 Å². The number of morpholine rings is 1. The van der Waals surface area contributed by atoms with Crippen LogP contribution in [-0.2, 0) is 4.74 Å². The van der Waals surface area contributed by atoms with Crippen molar-refractivity contribution in [2.45, 2.75) is 6.10 Å². The van der Waals surface area contributed by atoms with Gasteiger partial charge < -0.3 is 9.64 Å². The molecule has 0 aromatic heterocycles. The highest BCUT2D eigenvalue weighted by Crippen LogP contribution is 2.25. The zero-order chi connectivity index (χ0) is 16.4. The average molecular weight is 382 g/mol. The lowest BCUT2D eigenvalue weighted by atomic mass is 10.1. The first-order chi connectivity index (χ1) is 11.0. The molecular formula is C17H14BrF2NO2. The van der Waals surface area contributed by atoms with Crippen molar-refractivity contribution in [3.8, 4) is 0 Å². The van der Waals surface area contributed by atoms with Crippen LogP contribution in [0.3, 0.4) is 0 Å². The molecule has 6 heteroatoms. The molecule has 120 valence electrons. The first-order valence-corrected chi connectivity index (χ1v) is 7.95. The number of ether oxygens (including phenoxy) is 1. The van der Waals surface area contributed by atoms with E-state index >= 15 is 0 Å². The third-order valence-corrected chi connectivity index (χ3v) is 4.28. The molecule has 0 aliphatic carbocycles. The average Bonchev–Trinajstić information content (AvgIpc) is 2.57. The van der Waals surface area contributed by atoms with Gasteiger partial charge in [0.2, 0.25) is 0 Å². The molecule has 0 saturated carbocycles. The maximum Gasteiger partial charge on any atom is 0.257 e. The second-order valence-electron chi connectivity index (χ2n) is 5.29. The van der Waals surface area contributed by atoms with E-state index in [1.807, 2.05) is 24.3 Å². The van der Waals surface area contributed by atoms with E-state index in [9.17, 15) is 13.6 Å². The Labute approximate surface area is 141 Å². The van der Waals surface area contributed by atoms with Gasteiger partial charge in [-0.15, -0.1) is 0 Å². The minimum absolute atomic E-state index is 0.249. The van der Waals surface area contributed by atoms with Crippen molar-refractivity contribution in [2.24, 2.45) is 0 Å². The predicted molar refractivity (Wildman–Crippen MR) is 85.1 cm³/mol. The molecule has 0 bridgehead atoms. The van der Waals surface area contributed by atoms with Crippen molar-refractivity contribution in [3.05, 3.63) is 69.7 Å². The van der Waals surface area contributed by atoms with Crippen molar-refractivity contribution in [2.75, 3.05) is 19.7 Å². The lowest BCUT2D eigenvalue weighted by Gasteiger charge is -2.33. The molecular weight excluding hydrogens is 368 g/mol. The highest BCUT2D eigenvalue weighted by molar-refractivity contribution is 9.10. The summed E-state index contributed by atoms with van der Waals surface area (Å²) in [6.07, 6.45) is -0.280. The summed E-state index contributed by atoms with van der Waals surface area (Å²) in [6.45, 7) is 1.00. The minimum Gasteiger partial charge on any atom is -0.370 e. The van der Waals surface area contributed by atoms with Gasteiger partial charge >= 0.3 is 0 Å². The second-order valence-corrected chi connectivity index (χ2v) is 6.20. The van der Waals surface area contributed by atoms with E-state index < -0.39 is 17.5 Å². The van der Waals surface area contributed by atoms with Crippen LogP contribution in [0.2, 0.25) is 0 Å². The Balaban J connectivity index is 1.79. The van der Waals surface area contributed by atoms with Gasteiger partial charge in [-0.05, 0) is 35.9 Å². The summed E-state index contributed by atoms with van der Waals surface area (Å²) in [6, 6.07) is 10.5. The summed E-state index contributed by atoms with van der Waals surface area (Å²) in [5.74, 6) is -1.87. The van der Waals surface area contributed by atoms with E-state index in [4.69, 9.17) is 4.74 Å². The van der Waals surface area contributed by atoms with Crippen molar-refractivity contribution in [3.63, 3.8) is 0 Å². The summed E-state index contributed by atoms with van der Waals surface area (Å²) < 4.78 is 33.7. The zero-order valence-corrected chi connectivity index (χ0v) is 13.7. The number of carbonyl (C=O) groups excluding carboxylic acids is 1. The molecule has 1 atom stereocenters. The summed E-state index contributed by atoms with van der Waals surface area (Å²) >= 11 is 3.37. The van der Waals surface area contributed by atoms with Crippen molar-refractivity contribution < 1.29 is 18.3 Å². The Kier molecular flexibility index (Phi) is 4.73. The van der Waals surface area contributed by atoms with Gasteiger partial charge in [0.1, 0.15) is 17.7 Å². The first-order valence-electron chi connectivity index (χ1n) is 7.16. The Morgan fingerprint density at radius 2 is 1.91 bits per heavy atom. The number of carbonyl (C=O) groups is 1. The fourth-order valence-corrected chi connectivity index (χ4v) is 2.81. The molecule has 3 rings (SSSR count). The van der Waals surface area contributed by atoms with Crippen LogP contribution in [0.5, 0.6) is 0 Å². The number of amides is 1. The maximum atomic E-state index is 13.8. The molecule has 1 fully saturated rings. The monoisotopic (exact) mass is 381 g/mol. The highest BCUT2D eigenvalue weighted by atomic mass is 79.9. The maximum absolute atomic E-state index is 13.8. The van der Waals surface area contributed by atoms with Gasteiger partial charge in [-0.2, -0.15) is 0 Å². The topological polar surface area (TPSA) is 29.5 Å². The lowest BCUT2D eigenvalue weighted by molar-refractivity contribution is -0.0229. The van der Waals surface area contributed by atoms with E-state index in [1.165, 1.54) is 4.90 Å². The number of hydrogen-bond acceptors (Lipinski definition) is 2. The largest absolute Gasteiger partial charge is 0.370 e. The quantitative estimate of drug-likeness (QED) is 0.788. The van der Waals surface area contributed by atoms with E-state index in [0.717, 1.165) is 28.2 Å². The van der Waals surface area contributed by atoms with E-state index in [1.54, 1.807) is 0 Å². The Morgan fingerprint density at radius 1 is 1.17 bits per heavy atom. The molecule has 2 aromatic rings. The number of halogens is 3. The number of benzene rings is 2. The van der Waals surface area contributed by atoms with Crippen molar-refractivity contribution in [1.82, 2.24) is 4.90 Å². The van der Waals surface area contributed by atoms with Gasteiger partial charge in [0.05, 0.1) is 18.7 Å². The summed E-state index contributed by atoms with van der Waals surface area (Å²) in [4.78, 5) is 14.0. The van der Waals surface area contributed by atoms with Gasteiger partial charge in [-0.1, -0.05) is 28.1 Å². The molecule has 1 heterocycles. The molecule has 3 nitrogen and oxygen atoms in total. The molecule has 1 saturated heterocycles. The number of hydrogen-bond donors (Lipinski definition) is 0. The zero-order valence-electron chi connectivity index (χ0n) is 12.1. The van der Waals surface area contributed by atoms with E-state index in [2.05, 4.69) is 15.9 Å². The van der Waals surface area contributed by atoms with Crippen molar-refractivity contribution in [1.29, 1.82) is 0 Å². The van der Waals surface area contributed by atoms with Gasteiger partial charge in [0.25, 0.3) is 5.91 Å². The smallest absolute Gasteiger partial charge is 0.257 e. The summed E-state index contributed by atoms with van der Waals surface area (Å²) in [7, 11) is 0. The fraction of sp³-hybridized carbons (Fsp3) is 0.235. The van der Waals surface area contributed by atoms with Gasteiger partial charge in [0.15, 0.2) is 0 Å². The normalized spacial score (nSPS) is 18.0. The van der Waals surface area contributed by atoms with Crippen LogP contribution in [-0.4, -0.2) is 30.5 Å². The third-order valence-electron chi connectivity index (χ3n) is 3.75. The minimum atomic E-state index is -0.719. The third kappa shape index (κ3) is 3.59. The molecule has 1 unspecified atom stereocenters. The van der Waals surface area contributed by atoms with Gasteiger partial charge in [0, 0.05) is 11.0 Å². The van der Waals surface area contributed by atoms with Crippen LogP contribution in [0.15, 0.2) is 46.9 Å². The molecule has 1 aliphatic rings. The summed E-state index contributed by atoms with van der Waals surface area (Å²) in [5, 5.41) is 0. The van der Waals surface area contributed by atoms with Crippen LogP contribution >= 0.6 is 15.9 Å². The summed E-state index contributed by atoms with van der Waals surface area (Å²) in [5.41, 5.74) is 0.687. The highest BCUT2D eigenvalue weighted by Gasteiger charge is 2.27. The SMILES string of the molecule is O=C(c1cc(F)ccc1F)N1CCOC(c2ccc(Br)cc2)C1. The lowest BCUT2D eigenvalue weighted by Crippen LogP contribution is -2.42. The molecule has 0 N–H and O–H groups in total. The number of nitrogens with zero attached hydrogens (tertiary/aromatic N) is 1. The molecule has 0 spiro atoms. The van der Waals surface area contributed by atoms with Crippen LogP contribution in [0.1, 0.15) is 22.0 Å². The molecule has 1 amide bonds. The second kappa shape index (κ2) is 6.76. The van der Waals surface area contributed by atoms with E-state index in [0.29, 0.717) is 19.7 Å². The van der Waals surface area contributed by atoms with Gasteiger partial charge in [-0.3, -0.25) is 4.79 Å². The predicted octanol–water partition coefficient (Wildman–Crippen LogP) is 3.94. The Bertz CT molecular complexity index is 721. The molecule has 0 radical (unpaired) electrons. The first kappa shape index (κ1) is 16.1. The Hall–Kier alpha value is -1.79. The van der Waals surface area contributed by atoms with Crippen LogP contribution in [0.4, 0.5) is 8.78 Å². The van der Waals surface area contributed by atoms with E-state index in [-0.39, 0.29) is 11.7 Å². The molecule has 2 aromatic carbocycles. The standard InChI is InChI=1S/C17H14BrF2NO2/c18-12-3-1-11(2-4-12)16-10-21(7-8-23-16)17(22)14-9-13(19)5-6-15(14)20/h1-6,9,16H,7-8,10H2. The number of rotatable bonds is 2. The molecule has 1 aliphatic heterocycles. The van der Waals surface area contributed by atoms with Crippen molar-refractivity contribution >= 4 is 21.8 Å². The fourth-order valence-electron chi connectivity index (χ4n) is 2.54. The van der Waals surface area contributed by atoms with Crippen LogP contribution in [0.25, 0.3) is 0 Å². The Morgan fingerprint density at radius 3 is 2.65 bits per heavy atom.